The largest absolute Gasteiger partial charge is 0.480 e. The number of ether oxygens (including phenoxy) is 1. The predicted octanol–water partition coefficient (Wildman–Crippen LogP) is 7.03. The summed E-state index contributed by atoms with van der Waals surface area (Å²) >= 11 is 12.5. The summed E-state index contributed by atoms with van der Waals surface area (Å²) < 4.78 is 23.6. The first kappa shape index (κ1) is 29.6. The number of aromatic nitrogens is 3. The molecule has 1 fully saturated rings. The molecular formula is C32H31Cl2FN4O4. The first-order valence-electron chi connectivity index (χ1n) is 14.3. The fourth-order valence-corrected chi connectivity index (χ4v) is 6.40. The number of benzene rings is 2. The number of carbonyl (C=O) groups is 1. The van der Waals surface area contributed by atoms with Crippen LogP contribution < -0.4 is 4.74 Å². The Morgan fingerprint density at radius 3 is 2.63 bits per heavy atom. The zero-order chi connectivity index (χ0) is 30.2. The van der Waals surface area contributed by atoms with Crippen LogP contribution in [-0.2, 0) is 13.1 Å². The number of hydrogen-bond acceptors (Lipinski definition) is 6. The Kier molecular flexibility index (Phi) is 8.42. The molecule has 2 aliphatic rings. The molecule has 2 N–H and O–H groups in total. The minimum absolute atomic E-state index is 0.0627. The third-order valence-electron chi connectivity index (χ3n) is 8.26. The quantitative estimate of drug-likeness (QED) is 0.217. The van der Waals surface area contributed by atoms with E-state index in [1.165, 1.54) is 12.1 Å². The van der Waals surface area contributed by atoms with Crippen LogP contribution in [0.4, 0.5) is 4.39 Å². The molecule has 0 amide bonds. The Balaban J connectivity index is 1.21. The number of aromatic carboxylic acids is 1. The average molecular weight is 626 g/mol. The van der Waals surface area contributed by atoms with Gasteiger partial charge in [0.05, 0.1) is 24.8 Å². The van der Waals surface area contributed by atoms with Crippen LogP contribution in [0.3, 0.4) is 0 Å². The van der Waals surface area contributed by atoms with Crippen LogP contribution in [0.15, 0.2) is 54.6 Å². The standard InChI is InChI=1S/C32H31Cl2FN4O4/c1-2-20(40)16-39-29(36-26-8-9-27(32(41)42)37-31(26)39)17-38-12-10-18(11-13-38)21-4-3-5-23-25(35)15-28(43-30(21)23)22-7-6-19(33)14-24(22)34/h3-9,14-15,18,20,28,40H,2,10-13,16-17H2,1H3,(H,41,42)/t20-,28?/m0/s1. The molecule has 43 heavy (non-hydrogen) atoms. The van der Waals surface area contributed by atoms with Crippen molar-refractivity contribution >= 4 is 46.2 Å². The number of piperidine rings is 1. The topological polar surface area (TPSA) is 101 Å². The number of pyridine rings is 1. The normalized spacial score (nSPS) is 18.3. The van der Waals surface area contributed by atoms with E-state index in [-0.39, 0.29) is 24.0 Å². The first-order valence-corrected chi connectivity index (χ1v) is 15.1. The minimum Gasteiger partial charge on any atom is -0.480 e. The molecular weight excluding hydrogens is 594 g/mol. The van der Waals surface area contributed by atoms with Crippen molar-refractivity contribution in [3.63, 3.8) is 0 Å². The summed E-state index contributed by atoms with van der Waals surface area (Å²) in [6.45, 7) is 4.24. The van der Waals surface area contributed by atoms with Gasteiger partial charge in [-0.3, -0.25) is 4.90 Å². The molecule has 0 aliphatic carbocycles. The molecule has 0 radical (unpaired) electrons. The fourth-order valence-electron chi connectivity index (χ4n) is 5.89. The van der Waals surface area contributed by atoms with E-state index >= 15 is 4.39 Å². The lowest BCUT2D eigenvalue weighted by Crippen LogP contribution is -2.34. The number of halogens is 3. The number of fused-ring (bicyclic) bond motifs is 2. The van der Waals surface area contributed by atoms with E-state index in [1.807, 2.05) is 23.6 Å². The van der Waals surface area contributed by atoms with Crippen molar-refractivity contribution in [1.82, 2.24) is 19.4 Å². The van der Waals surface area contributed by atoms with Gasteiger partial charge in [0, 0.05) is 15.6 Å². The van der Waals surface area contributed by atoms with Crippen molar-refractivity contribution < 1.29 is 24.1 Å². The van der Waals surface area contributed by atoms with Gasteiger partial charge >= 0.3 is 5.97 Å². The van der Waals surface area contributed by atoms with Crippen LogP contribution in [0.25, 0.3) is 17.0 Å². The lowest BCUT2D eigenvalue weighted by Gasteiger charge is -2.34. The van der Waals surface area contributed by atoms with Gasteiger partial charge in [-0.15, -0.1) is 0 Å². The Hall–Kier alpha value is -3.50. The van der Waals surface area contributed by atoms with Crippen LogP contribution >= 0.6 is 23.2 Å². The number of carboxylic acids is 1. The summed E-state index contributed by atoms with van der Waals surface area (Å²) in [5.41, 5.74) is 3.05. The predicted molar refractivity (Wildman–Crippen MR) is 163 cm³/mol. The van der Waals surface area contributed by atoms with Gasteiger partial charge in [-0.1, -0.05) is 48.3 Å². The first-order chi connectivity index (χ1) is 20.7. The van der Waals surface area contributed by atoms with Gasteiger partial charge in [-0.2, -0.15) is 0 Å². The SMILES string of the molecule is CC[C@H](O)Cn1c(CN2CCC(c3cccc4c3OC(c3ccc(Cl)cc3Cl)C=C4F)CC2)nc2ccc(C(=O)O)nc21. The maximum atomic E-state index is 15.3. The van der Waals surface area contributed by atoms with Crippen molar-refractivity contribution in [3.05, 3.63) is 92.9 Å². The Bertz CT molecular complexity index is 1720. The molecule has 2 atom stereocenters. The summed E-state index contributed by atoms with van der Waals surface area (Å²) in [4.78, 5) is 22.9. The molecule has 0 saturated carbocycles. The summed E-state index contributed by atoms with van der Waals surface area (Å²) in [6.07, 6.45) is 2.38. The average Bonchev–Trinajstić information content (AvgIpc) is 3.32. The van der Waals surface area contributed by atoms with Crippen molar-refractivity contribution in [3.8, 4) is 5.75 Å². The molecule has 11 heteroatoms. The summed E-state index contributed by atoms with van der Waals surface area (Å²) in [5.74, 6) is -0.0124. The van der Waals surface area contributed by atoms with Gasteiger partial charge in [0.25, 0.3) is 0 Å². The van der Waals surface area contributed by atoms with E-state index in [0.717, 1.165) is 37.3 Å². The van der Waals surface area contributed by atoms with Crippen LogP contribution in [0.2, 0.25) is 10.0 Å². The molecule has 8 nitrogen and oxygen atoms in total. The third kappa shape index (κ3) is 5.99. The fraction of sp³-hybridized carbons (Fsp3) is 0.344. The van der Waals surface area contributed by atoms with Crippen molar-refractivity contribution in [2.24, 2.45) is 0 Å². The molecule has 2 aromatic carbocycles. The highest BCUT2D eigenvalue weighted by atomic mass is 35.5. The highest BCUT2D eigenvalue weighted by molar-refractivity contribution is 6.35. The van der Waals surface area contributed by atoms with Crippen LogP contribution in [0.5, 0.6) is 5.75 Å². The van der Waals surface area contributed by atoms with Crippen LogP contribution in [0, 0.1) is 0 Å². The smallest absolute Gasteiger partial charge is 0.354 e. The lowest BCUT2D eigenvalue weighted by atomic mass is 9.86. The number of hydrogen-bond donors (Lipinski definition) is 2. The highest BCUT2D eigenvalue weighted by Gasteiger charge is 2.31. The molecule has 0 bridgehead atoms. The summed E-state index contributed by atoms with van der Waals surface area (Å²) in [7, 11) is 0. The zero-order valence-electron chi connectivity index (χ0n) is 23.5. The zero-order valence-corrected chi connectivity index (χ0v) is 25.0. The van der Waals surface area contributed by atoms with E-state index in [4.69, 9.17) is 32.9 Å². The minimum atomic E-state index is -1.11. The van der Waals surface area contributed by atoms with Crippen molar-refractivity contribution in [2.45, 2.75) is 57.4 Å². The van der Waals surface area contributed by atoms with Crippen LogP contribution in [0.1, 0.15) is 71.2 Å². The van der Waals surface area contributed by atoms with E-state index in [2.05, 4.69) is 9.88 Å². The molecule has 6 rings (SSSR count). The van der Waals surface area contributed by atoms with Gasteiger partial charge in [-0.05, 0) is 80.2 Å². The molecule has 2 aromatic heterocycles. The molecule has 1 unspecified atom stereocenters. The summed E-state index contributed by atoms with van der Waals surface area (Å²) in [6, 6.07) is 13.8. The number of likely N-dealkylation sites (tertiary alicyclic amines) is 1. The number of para-hydroxylation sites is 1. The van der Waals surface area contributed by atoms with Gasteiger partial charge in [0.2, 0.25) is 0 Å². The van der Waals surface area contributed by atoms with E-state index in [9.17, 15) is 15.0 Å². The molecule has 2 aliphatic heterocycles. The number of aliphatic hydroxyl groups is 1. The third-order valence-corrected chi connectivity index (χ3v) is 8.82. The number of imidazole rings is 1. The Morgan fingerprint density at radius 2 is 1.91 bits per heavy atom. The highest BCUT2D eigenvalue weighted by Crippen LogP contribution is 2.45. The number of nitrogens with zero attached hydrogens (tertiary/aromatic N) is 4. The Labute approximate surface area is 258 Å². The monoisotopic (exact) mass is 624 g/mol. The molecule has 4 heterocycles. The maximum Gasteiger partial charge on any atom is 0.354 e. The second-order valence-corrected chi connectivity index (χ2v) is 11.9. The lowest BCUT2D eigenvalue weighted by molar-refractivity contribution is 0.0691. The van der Waals surface area contributed by atoms with E-state index in [1.54, 1.807) is 30.3 Å². The molecule has 1 saturated heterocycles. The molecule has 4 aromatic rings. The van der Waals surface area contributed by atoms with Crippen LogP contribution in [-0.4, -0.2) is 54.8 Å². The molecule has 224 valence electrons. The van der Waals surface area contributed by atoms with Gasteiger partial charge in [0.15, 0.2) is 11.3 Å². The Morgan fingerprint density at radius 1 is 1.12 bits per heavy atom. The second-order valence-electron chi connectivity index (χ2n) is 11.0. The van der Waals surface area contributed by atoms with Gasteiger partial charge < -0.3 is 19.5 Å². The summed E-state index contributed by atoms with van der Waals surface area (Å²) in [5, 5.41) is 20.8. The van der Waals surface area contributed by atoms with Crippen molar-refractivity contribution in [1.29, 1.82) is 0 Å². The maximum absolute atomic E-state index is 15.3. The van der Waals surface area contributed by atoms with Crippen molar-refractivity contribution in [2.75, 3.05) is 13.1 Å². The number of aliphatic hydroxyl groups excluding tert-OH is 1. The van der Waals surface area contributed by atoms with Gasteiger partial charge in [0.1, 0.15) is 29.0 Å². The second kappa shape index (κ2) is 12.2. The number of rotatable bonds is 8. The number of carboxylic acid groups (broad SMARTS) is 1. The molecule has 0 spiro atoms. The van der Waals surface area contributed by atoms with E-state index in [0.29, 0.717) is 51.1 Å². The van der Waals surface area contributed by atoms with Gasteiger partial charge in [-0.25, -0.2) is 19.2 Å². The van der Waals surface area contributed by atoms with E-state index < -0.39 is 18.2 Å².